The monoisotopic (exact) mass is 475 g/mol. The van der Waals surface area contributed by atoms with Gasteiger partial charge in [-0.25, -0.2) is 9.48 Å². The van der Waals surface area contributed by atoms with Crippen LogP contribution >= 0.6 is 35.3 Å². The molecule has 4 N–H and O–H groups in total. The van der Waals surface area contributed by atoms with Crippen molar-refractivity contribution in [3.63, 3.8) is 0 Å². The number of rotatable bonds is 9. The van der Waals surface area contributed by atoms with Crippen LogP contribution in [0.1, 0.15) is 6.92 Å². The molecule has 1 aromatic heterocycles. The molecule has 1 fully saturated rings. The normalized spacial score (nSPS) is 24.3. The summed E-state index contributed by atoms with van der Waals surface area (Å²) < 4.78 is 6.87. The second kappa shape index (κ2) is 9.13. The fourth-order valence-corrected chi connectivity index (χ4v) is 6.06. The Hall–Kier alpha value is -1.81. The van der Waals surface area contributed by atoms with E-state index in [-0.39, 0.29) is 5.70 Å². The third-order valence-corrected chi connectivity index (χ3v) is 7.88. The molecular weight excluding hydrogens is 454 g/mol. The van der Waals surface area contributed by atoms with E-state index in [9.17, 15) is 19.5 Å². The average Bonchev–Trinajstić information content (AvgIpc) is 3.13. The molecule has 2 amide bonds. The number of hydrogen-bond donors (Lipinski definition) is 3. The van der Waals surface area contributed by atoms with Crippen LogP contribution < -0.4 is 11.1 Å². The first-order chi connectivity index (χ1) is 14.3. The van der Waals surface area contributed by atoms with Crippen molar-refractivity contribution in [3.05, 3.63) is 11.3 Å². The summed E-state index contributed by atoms with van der Waals surface area (Å²) in [5.41, 5.74) is 4.61. The minimum Gasteiger partial charge on any atom is -0.477 e. The first kappa shape index (κ1) is 22.9. The van der Waals surface area contributed by atoms with Crippen molar-refractivity contribution in [3.8, 4) is 0 Å². The number of aryl methyl sites for hydroxylation is 1. The van der Waals surface area contributed by atoms with Gasteiger partial charge in [-0.3, -0.25) is 14.5 Å². The molecule has 0 aromatic carbocycles. The topological polar surface area (TPSA) is 166 Å². The number of carboxylic acids is 1. The third kappa shape index (κ3) is 3.91. The molecule has 1 unspecified atom stereocenters. The average molecular weight is 476 g/mol. The Kier molecular flexibility index (Phi) is 6.96. The predicted octanol–water partition coefficient (Wildman–Crippen LogP) is -0.947. The van der Waals surface area contributed by atoms with Gasteiger partial charge in [-0.2, -0.15) is 0 Å². The molecule has 30 heavy (non-hydrogen) atoms. The van der Waals surface area contributed by atoms with Crippen molar-refractivity contribution < 1.29 is 24.2 Å². The smallest absolute Gasteiger partial charge is 0.352 e. The lowest BCUT2D eigenvalue weighted by Gasteiger charge is -2.56. The van der Waals surface area contributed by atoms with E-state index < -0.39 is 34.3 Å². The van der Waals surface area contributed by atoms with Crippen LogP contribution in [0.2, 0.25) is 0 Å². The highest BCUT2D eigenvalue weighted by molar-refractivity contribution is 8.01. The number of hydrogen-bond acceptors (Lipinski definition) is 11. The second-order valence-electron chi connectivity index (χ2n) is 6.27. The summed E-state index contributed by atoms with van der Waals surface area (Å²) in [6.45, 7) is 1.86. The van der Waals surface area contributed by atoms with E-state index in [0.717, 1.165) is 4.90 Å². The largest absolute Gasteiger partial charge is 0.477 e. The molecule has 0 spiro atoms. The molecule has 0 bridgehead atoms. The SMILES string of the molecule is CCSC(N)C(=O)N[C@]1(OC)C(=O)N2C(C(=O)O)=C(CSc3nnnn3C)CS[C@H]21. The number of β-lactam (4-membered cyclic amide) rings is 1. The fraction of sp³-hybridized carbons (Fsp3) is 0.600. The molecule has 2 aliphatic heterocycles. The highest BCUT2D eigenvalue weighted by Gasteiger charge is 2.66. The number of nitrogens with one attached hydrogen (secondary N) is 1. The number of thioether (sulfide) groups is 3. The highest BCUT2D eigenvalue weighted by Crippen LogP contribution is 2.47. The number of aliphatic carboxylic acids is 1. The number of nitrogens with zero attached hydrogens (tertiary/aromatic N) is 5. The lowest BCUT2D eigenvalue weighted by atomic mass is 9.98. The number of carbonyl (C=O) groups excluding carboxylic acids is 2. The minimum absolute atomic E-state index is 0.111. The van der Waals surface area contributed by atoms with Gasteiger partial charge in [0.2, 0.25) is 11.1 Å². The van der Waals surface area contributed by atoms with E-state index in [1.165, 1.54) is 47.1 Å². The molecule has 3 atom stereocenters. The van der Waals surface area contributed by atoms with Gasteiger partial charge in [0.15, 0.2) is 0 Å². The van der Waals surface area contributed by atoms with E-state index in [4.69, 9.17) is 10.5 Å². The van der Waals surface area contributed by atoms with Crippen molar-refractivity contribution in [2.24, 2.45) is 12.8 Å². The molecule has 0 saturated carbocycles. The number of nitrogens with two attached hydrogens (primary N) is 1. The zero-order valence-electron chi connectivity index (χ0n) is 16.4. The van der Waals surface area contributed by atoms with Crippen molar-refractivity contribution >= 4 is 53.1 Å². The molecule has 2 aliphatic rings. The van der Waals surface area contributed by atoms with Gasteiger partial charge in [-0.15, -0.1) is 28.6 Å². The van der Waals surface area contributed by atoms with E-state index >= 15 is 0 Å². The molecule has 164 valence electrons. The number of methoxy groups -OCH3 is 1. The molecule has 3 heterocycles. The molecule has 3 rings (SSSR count). The summed E-state index contributed by atoms with van der Waals surface area (Å²) in [5, 5.41) is 22.4. The molecular formula is C15H21N7O5S3. The van der Waals surface area contributed by atoms with E-state index in [2.05, 4.69) is 20.8 Å². The Morgan fingerprint density at radius 1 is 1.53 bits per heavy atom. The zero-order chi connectivity index (χ0) is 22.1. The Bertz CT molecular complexity index is 894. The lowest BCUT2D eigenvalue weighted by molar-refractivity contribution is -0.192. The van der Waals surface area contributed by atoms with Gasteiger partial charge < -0.3 is 20.9 Å². The standard InChI is InChI=1S/C15H21N7O5S3/c1-4-28-9(16)10(23)17-15(27-3)12(26)22-8(11(24)25)7(5-29-13(15)22)6-30-14-18-19-20-21(14)2/h9,13H,4-6,16H2,1-3H3,(H,17,23)(H,24,25)/t9?,13-,15-/m0/s1. The lowest BCUT2D eigenvalue weighted by Crippen LogP contribution is -2.81. The molecule has 0 radical (unpaired) electrons. The van der Waals surface area contributed by atoms with Crippen LogP contribution in [-0.4, -0.2) is 88.8 Å². The van der Waals surface area contributed by atoms with Gasteiger partial charge in [-0.1, -0.05) is 18.7 Å². The zero-order valence-corrected chi connectivity index (χ0v) is 18.8. The second-order valence-corrected chi connectivity index (χ2v) is 9.70. The summed E-state index contributed by atoms with van der Waals surface area (Å²) in [7, 11) is 2.97. The summed E-state index contributed by atoms with van der Waals surface area (Å²) in [6.07, 6.45) is 0. The van der Waals surface area contributed by atoms with Crippen LogP contribution in [0.15, 0.2) is 16.4 Å². The summed E-state index contributed by atoms with van der Waals surface area (Å²) in [6, 6.07) is 0. The van der Waals surface area contributed by atoms with Gasteiger partial charge >= 0.3 is 5.97 Å². The summed E-state index contributed by atoms with van der Waals surface area (Å²) >= 11 is 3.80. The van der Waals surface area contributed by atoms with Crippen LogP contribution in [0.5, 0.6) is 0 Å². The Morgan fingerprint density at radius 2 is 2.27 bits per heavy atom. The number of fused-ring (bicyclic) bond motifs is 1. The molecule has 15 heteroatoms. The molecule has 1 saturated heterocycles. The fourth-order valence-electron chi connectivity index (χ4n) is 3.06. The number of tetrazole rings is 1. The van der Waals surface area contributed by atoms with Crippen LogP contribution in [0, 0.1) is 0 Å². The quantitative estimate of drug-likeness (QED) is 0.228. The third-order valence-electron chi connectivity index (χ3n) is 4.50. The van der Waals surface area contributed by atoms with Crippen LogP contribution in [-0.2, 0) is 26.2 Å². The van der Waals surface area contributed by atoms with Gasteiger partial charge in [0.25, 0.3) is 11.6 Å². The molecule has 1 aromatic rings. The van der Waals surface area contributed by atoms with Crippen molar-refractivity contribution in [1.82, 2.24) is 30.4 Å². The molecule has 0 aliphatic carbocycles. The van der Waals surface area contributed by atoms with Gasteiger partial charge in [-0.05, 0) is 21.8 Å². The number of amides is 2. The minimum atomic E-state index is -1.65. The van der Waals surface area contributed by atoms with Gasteiger partial charge in [0.05, 0.1) is 0 Å². The van der Waals surface area contributed by atoms with E-state index in [0.29, 0.717) is 28.0 Å². The summed E-state index contributed by atoms with van der Waals surface area (Å²) in [5.74, 6) is -1.16. The maximum Gasteiger partial charge on any atom is 0.352 e. The number of ether oxygens (including phenoxy) is 1. The van der Waals surface area contributed by atoms with Crippen molar-refractivity contribution in [1.29, 1.82) is 0 Å². The van der Waals surface area contributed by atoms with Gasteiger partial charge in [0.1, 0.15) is 16.4 Å². The highest BCUT2D eigenvalue weighted by atomic mass is 32.2. The molecule has 12 nitrogen and oxygen atoms in total. The van der Waals surface area contributed by atoms with E-state index in [1.807, 2.05) is 6.92 Å². The van der Waals surface area contributed by atoms with Crippen molar-refractivity contribution in [2.75, 3.05) is 24.4 Å². The van der Waals surface area contributed by atoms with Crippen LogP contribution in [0.3, 0.4) is 0 Å². The Morgan fingerprint density at radius 3 is 2.83 bits per heavy atom. The Labute approximate surface area is 184 Å². The van der Waals surface area contributed by atoms with Crippen molar-refractivity contribution in [2.45, 2.75) is 28.6 Å². The maximum atomic E-state index is 13.0. The predicted molar refractivity (Wildman–Crippen MR) is 111 cm³/mol. The van der Waals surface area contributed by atoms with Crippen LogP contribution in [0.25, 0.3) is 0 Å². The van der Waals surface area contributed by atoms with Crippen LogP contribution in [0.4, 0.5) is 0 Å². The first-order valence-corrected chi connectivity index (χ1v) is 11.8. The first-order valence-electron chi connectivity index (χ1n) is 8.76. The number of aromatic nitrogens is 4. The summed E-state index contributed by atoms with van der Waals surface area (Å²) in [4.78, 5) is 38.5. The Balaban J connectivity index is 1.82. The maximum absolute atomic E-state index is 13.0. The van der Waals surface area contributed by atoms with Gasteiger partial charge in [0, 0.05) is 25.7 Å². The number of carbonyl (C=O) groups is 3. The van der Waals surface area contributed by atoms with E-state index in [1.54, 1.807) is 7.05 Å². The number of carboxylic acid groups (broad SMARTS) is 1.